The molecule has 216 valence electrons. The number of hydrogen-bond acceptors (Lipinski definition) is 5. The first-order valence-corrected chi connectivity index (χ1v) is 15.3. The molecule has 40 heavy (non-hydrogen) atoms. The number of carbonyl (C=O) groups excluding carboxylic acids is 2. The zero-order valence-corrected chi connectivity index (χ0v) is 25.8. The number of piperazine rings is 1. The van der Waals surface area contributed by atoms with E-state index in [0.29, 0.717) is 50.7 Å². The first kappa shape index (κ1) is 29.1. The number of fused-ring (bicyclic) bond motifs is 2. The van der Waals surface area contributed by atoms with Crippen molar-refractivity contribution in [3.63, 3.8) is 0 Å². The summed E-state index contributed by atoms with van der Waals surface area (Å²) >= 11 is 9.85. The van der Waals surface area contributed by atoms with Crippen molar-refractivity contribution in [2.75, 3.05) is 39.3 Å². The summed E-state index contributed by atoms with van der Waals surface area (Å²) in [6, 6.07) is 7.84. The molecule has 3 heterocycles. The average molecular weight is 634 g/mol. The van der Waals surface area contributed by atoms with Gasteiger partial charge < -0.3 is 19.7 Å². The van der Waals surface area contributed by atoms with Gasteiger partial charge in [0.2, 0.25) is 11.6 Å². The highest BCUT2D eigenvalue weighted by atomic mass is 79.9. The number of ether oxygens (including phenoxy) is 1. The molecule has 5 rings (SSSR count). The van der Waals surface area contributed by atoms with Crippen LogP contribution in [-0.4, -0.2) is 71.6 Å². The smallest absolute Gasteiger partial charge is 0.410 e. The predicted octanol–water partition coefficient (Wildman–Crippen LogP) is 5.11. The Morgan fingerprint density at radius 1 is 1.02 bits per heavy atom. The molecule has 0 N–H and O–H groups in total. The SMILES string of the molecule is CC(C)(C)OC(=O)N1CCC(CC(=O)N2CCN([C@@H]3c4ccc(Cl)cc4CCc4cc(Br)c[n+]([O-])c43)CC2)CC1. The lowest BCUT2D eigenvalue weighted by Gasteiger charge is -2.40. The minimum Gasteiger partial charge on any atom is -0.618 e. The topological polar surface area (TPSA) is 80.0 Å². The summed E-state index contributed by atoms with van der Waals surface area (Å²) in [6.45, 7) is 9.48. The first-order valence-electron chi connectivity index (χ1n) is 14.2. The van der Waals surface area contributed by atoms with E-state index >= 15 is 0 Å². The number of amides is 2. The molecule has 1 aromatic heterocycles. The number of aromatic nitrogens is 1. The van der Waals surface area contributed by atoms with Gasteiger partial charge in [0.25, 0.3) is 0 Å². The highest BCUT2D eigenvalue weighted by molar-refractivity contribution is 9.10. The Hall–Kier alpha value is -2.36. The van der Waals surface area contributed by atoms with Crippen molar-refractivity contribution < 1.29 is 19.1 Å². The molecule has 1 aliphatic carbocycles. The van der Waals surface area contributed by atoms with Crippen molar-refractivity contribution in [2.45, 2.75) is 64.5 Å². The van der Waals surface area contributed by atoms with Gasteiger partial charge in [-0.25, -0.2) is 4.79 Å². The Bertz CT molecular complexity index is 1270. The minimum absolute atomic E-state index is 0.173. The van der Waals surface area contributed by atoms with Gasteiger partial charge in [0.05, 0.1) is 4.47 Å². The zero-order chi connectivity index (χ0) is 28.6. The Labute approximate surface area is 249 Å². The largest absolute Gasteiger partial charge is 0.618 e. The van der Waals surface area contributed by atoms with Crippen LogP contribution in [0, 0.1) is 11.1 Å². The Kier molecular flexibility index (Phi) is 8.64. The molecule has 0 bridgehead atoms. The number of nitrogens with zero attached hydrogens (tertiary/aromatic N) is 4. The predicted molar refractivity (Wildman–Crippen MR) is 157 cm³/mol. The van der Waals surface area contributed by atoms with Crippen LogP contribution in [-0.2, 0) is 22.4 Å². The van der Waals surface area contributed by atoms with Gasteiger partial charge in [0.1, 0.15) is 11.6 Å². The minimum atomic E-state index is -0.509. The van der Waals surface area contributed by atoms with E-state index in [1.165, 1.54) is 5.56 Å². The standard InChI is InChI=1S/C30H38BrClN4O4/c1-30(2,3)40-29(38)35-10-8-20(9-11-35)16-26(37)33-12-14-34(15-13-33)28-25-7-6-24(32)18-21(25)4-5-22-17-23(31)19-36(39)27(22)28/h6-7,17-20,28H,4-5,8-16H2,1-3H3/t28-/m1/s1. The maximum atomic E-state index is 13.3. The second kappa shape index (κ2) is 11.9. The quantitative estimate of drug-likeness (QED) is 0.347. The maximum absolute atomic E-state index is 13.3. The third-order valence-electron chi connectivity index (χ3n) is 8.20. The summed E-state index contributed by atoms with van der Waals surface area (Å²) in [4.78, 5) is 31.7. The van der Waals surface area contributed by atoms with E-state index in [9.17, 15) is 14.8 Å². The van der Waals surface area contributed by atoms with E-state index in [1.54, 1.807) is 11.1 Å². The number of likely N-dealkylation sites (tertiary alicyclic amines) is 1. The van der Waals surface area contributed by atoms with Crippen LogP contribution in [0.5, 0.6) is 0 Å². The van der Waals surface area contributed by atoms with Crippen LogP contribution >= 0.6 is 27.5 Å². The fourth-order valence-corrected chi connectivity index (χ4v) is 6.85. The highest BCUT2D eigenvalue weighted by Crippen LogP contribution is 2.37. The van der Waals surface area contributed by atoms with Crippen LogP contribution in [0.1, 0.15) is 68.5 Å². The number of benzene rings is 1. The van der Waals surface area contributed by atoms with Gasteiger partial charge in [-0.2, -0.15) is 4.73 Å². The molecule has 2 aromatic rings. The van der Waals surface area contributed by atoms with Crippen molar-refractivity contribution in [3.05, 3.63) is 67.5 Å². The van der Waals surface area contributed by atoms with E-state index in [-0.39, 0.29) is 24.0 Å². The number of hydrogen-bond donors (Lipinski definition) is 0. The zero-order valence-electron chi connectivity index (χ0n) is 23.5. The molecular formula is C30H38BrClN4O4. The van der Waals surface area contributed by atoms with Gasteiger partial charge in [-0.1, -0.05) is 17.7 Å². The Balaban J connectivity index is 1.23. The maximum Gasteiger partial charge on any atom is 0.410 e. The number of piperidine rings is 1. The molecule has 3 aliphatic rings. The van der Waals surface area contributed by atoms with Crippen LogP contribution in [0.15, 0.2) is 34.9 Å². The summed E-state index contributed by atoms with van der Waals surface area (Å²) in [5, 5.41) is 13.9. The van der Waals surface area contributed by atoms with Gasteiger partial charge in [-0.15, -0.1) is 0 Å². The van der Waals surface area contributed by atoms with E-state index in [1.807, 2.05) is 37.8 Å². The molecule has 1 atom stereocenters. The second-order valence-electron chi connectivity index (χ2n) is 12.2. The van der Waals surface area contributed by atoms with Crippen molar-refractivity contribution in [1.82, 2.24) is 14.7 Å². The summed E-state index contributed by atoms with van der Waals surface area (Å²) in [7, 11) is 0. The first-order chi connectivity index (χ1) is 19.0. The van der Waals surface area contributed by atoms with Gasteiger partial charge >= 0.3 is 6.09 Å². The lowest BCUT2D eigenvalue weighted by atomic mass is 9.93. The molecule has 2 aliphatic heterocycles. The molecule has 1 aromatic carbocycles. The third kappa shape index (κ3) is 6.58. The molecule has 0 radical (unpaired) electrons. The molecule has 2 amide bonds. The molecular weight excluding hydrogens is 596 g/mol. The van der Waals surface area contributed by atoms with Crippen molar-refractivity contribution in [2.24, 2.45) is 5.92 Å². The van der Waals surface area contributed by atoms with Gasteiger partial charge in [0.15, 0.2) is 6.20 Å². The van der Waals surface area contributed by atoms with E-state index in [2.05, 4.69) is 33.0 Å². The third-order valence-corrected chi connectivity index (χ3v) is 8.87. The number of halogens is 2. The Morgan fingerprint density at radius 2 is 1.70 bits per heavy atom. The molecule has 8 nitrogen and oxygen atoms in total. The summed E-state index contributed by atoms with van der Waals surface area (Å²) in [5.74, 6) is 0.444. The lowest BCUT2D eigenvalue weighted by molar-refractivity contribution is -0.617. The van der Waals surface area contributed by atoms with Crippen molar-refractivity contribution in [3.8, 4) is 0 Å². The van der Waals surface area contributed by atoms with Crippen LogP contribution < -0.4 is 4.73 Å². The van der Waals surface area contributed by atoms with Gasteiger partial charge in [-0.05, 0) is 97.6 Å². The fraction of sp³-hybridized carbons (Fsp3) is 0.567. The number of aryl methyl sites for hydroxylation is 2. The fourth-order valence-electron chi connectivity index (χ4n) is 6.19. The van der Waals surface area contributed by atoms with Crippen molar-refractivity contribution in [1.29, 1.82) is 0 Å². The van der Waals surface area contributed by atoms with Gasteiger partial charge in [-0.3, -0.25) is 9.69 Å². The summed E-state index contributed by atoms with van der Waals surface area (Å²) in [6.07, 6.45) is 5.02. The van der Waals surface area contributed by atoms with E-state index < -0.39 is 5.60 Å². The Morgan fingerprint density at radius 3 is 2.38 bits per heavy atom. The molecule has 2 fully saturated rings. The number of rotatable bonds is 3. The van der Waals surface area contributed by atoms with Crippen LogP contribution in [0.2, 0.25) is 5.02 Å². The molecule has 0 unspecified atom stereocenters. The average Bonchev–Trinajstić information content (AvgIpc) is 3.05. The normalized spacial score (nSPS) is 20.5. The second-order valence-corrected chi connectivity index (χ2v) is 13.5. The molecule has 0 spiro atoms. The molecule has 0 saturated carbocycles. The van der Waals surface area contributed by atoms with E-state index in [0.717, 1.165) is 51.7 Å². The van der Waals surface area contributed by atoms with Crippen LogP contribution in [0.25, 0.3) is 0 Å². The monoisotopic (exact) mass is 632 g/mol. The van der Waals surface area contributed by atoms with E-state index in [4.69, 9.17) is 16.3 Å². The lowest BCUT2D eigenvalue weighted by Crippen LogP contribution is -2.52. The molecule has 2 saturated heterocycles. The summed E-state index contributed by atoms with van der Waals surface area (Å²) in [5.41, 5.74) is 3.58. The highest BCUT2D eigenvalue weighted by Gasteiger charge is 2.38. The van der Waals surface area contributed by atoms with Crippen LogP contribution in [0.4, 0.5) is 4.79 Å². The van der Waals surface area contributed by atoms with Crippen molar-refractivity contribution >= 4 is 39.5 Å². The number of pyridine rings is 1. The number of carbonyl (C=O) groups is 2. The van der Waals surface area contributed by atoms with Gasteiger partial charge in [0, 0.05) is 56.3 Å². The molecule has 10 heteroatoms. The summed E-state index contributed by atoms with van der Waals surface area (Å²) < 4.78 is 7.28. The van der Waals surface area contributed by atoms with Crippen LogP contribution in [0.3, 0.4) is 0 Å².